The summed E-state index contributed by atoms with van der Waals surface area (Å²) in [5, 5.41) is 0. The first kappa shape index (κ1) is 10.9. The van der Waals surface area contributed by atoms with Crippen LogP contribution in [0.2, 0.25) is 0 Å². The number of hydrogen-bond acceptors (Lipinski definition) is 2. The molecule has 1 heterocycles. The molecule has 1 aromatic carbocycles. The summed E-state index contributed by atoms with van der Waals surface area (Å²) < 4.78 is 18.5. The van der Waals surface area contributed by atoms with E-state index in [2.05, 4.69) is 4.98 Å². The summed E-state index contributed by atoms with van der Waals surface area (Å²) >= 11 is 5.74. The molecule has 0 fully saturated rings. The molecule has 0 radical (unpaired) electrons. The Balaban J connectivity index is 2.26. The zero-order valence-corrected chi connectivity index (χ0v) is 9.12. The molecule has 4 heteroatoms. The highest BCUT2D eigenvalue weighted by Gasteiger charge is 2.04. The normalized spacial score (nSPS) is 10.1. The summed E-state index contributed by atoms with van der Waals surface area (Å²) in [6.07, 6.45) is 3.23. The summed E-state index contributed by atoms with van der Waals surface area (Å²) in [7, 11) is 0. The number of hydrogen-bond donors (Lipinski definition) is 0. The van der Waals surface area contributed by atoms with E-state index in [-0.39, 0.29) is 5.82 Å². The molecule has 2 rings (SSSR count). The highest BCUT2D eigenvalue weighted by atomic mass is 35.5. The molecule has 2 aromatic rings. The molecular formula is C12H9ClFNO. The maximum absolute atomic E-state index is 12.9. The summed E-state index contributed by atoms with van der Waals surface area (Å²) in [6.45, 7) is 0. The number of rotatable bonds is 3. The van der Waals surface area contributed by atoms with E-state index in [1.807, 2.05) is 0 Å². The standard InChI is InChI=1S/C12H9ClFNO/c13-7-9-8-15-5-4-12(9)16-11-3-1-2-10(14)6-11/h1-6,8H,7H2. The van der Waals surface area contributed by atoms with Gasteiger partial charge in [0.2, 0.25) is 0 Å². The van der Waals surface area contributed by atoms with Crippen LogP contribution < -0.4 is 4.74 Å². The molecular weight excluding hydrogens is 229 g/mol. The van der Waals surface area contributed by atoms with Crippen LogP contribution in [0.3, 0.4) is 0 Å². The van der Waals surface area contributed by atoms with E-state index in [4.69, 9.17) is 16.3 Å². The van der Waals surface area contributed by atoms with Gasteiger partial charge in [-0.3, -0.25) is 4.98 Å². The van der Waals surface area contributed by atoms with Crippen molar-refractivity contribution in [3.05, 3.63) is 54.1 Å². The number of alkyl halides is 1. The van der Waals surface area contributed by atoms with Crippen LogP contribution >= 0.6 is 11.6 Å². The van der Waals surface area contributed by atoms with Crippen molar-refractivity contribution in [2.75, 3.05) is 0 Å². The molecule has 0 atom stereocenters. The minimum atomic E-state index is -0.334. The molecule has 1 aromatic heterocycles. The monoisotopic (exact) mass is 237 g/mol. The summed E-state index contributed by atoms with van der Waals surface area (Å²) in [5.41, 5.74) is 0.772. The lowest BCUT2D eigenvalue weighted by atomic mass is 10.3. The fourth-order valence-corrected chi connectivity index (χ4v) is 1.47. The summed E-state index contributed by atoms with van der Waals surface area (Å²) in [6, 6.07) is 7.65. The van der Waals surface area contributed by atoms with Crippen LogP contribution in [0.15, 0.2) is 42.7 Å². The minimum absolute atomic E-state index is 0.304. The molecule has 0 aliphatic heterocycles. The Bertz CT molecular complexity index is 490. The third kappa shape index (κ3) is 2.49. The maximum atomic E-state index is 12.9. The molecule has 16 heavy (non-hydrogen) atoms. The molecule has 0 spiro atoms. The van der Waals surface area contributed by atoms with Crippen LogP contribution in [0, 0.1) is 5.82 Å². The van der Waals surface area contributed by atoms with Crippen LogP contribution in [0.5, 0.6) is 11.5 Å². The number of ether oxygens (including phenoxy) is 1. The predicted molar refractivity (Wildman–Crippen MR) is 60.3 cm³/mol. The van der Waals surface area contributed by atoms with Crippen molar-refractivity contribution in [3.8, 4) is 11.5 Å². The van der Waals surface area contributed by atoms with Gasteiger partial charge < -0.3 is 4.74 Å². The second-order valence-corrected chi connectivity index (χ2v) is 3.44. The van der Waals surface area contributed by atoms with Gasteiger partial charge in [0.1, 0.15) is 17.3 Å². The van der Waals surface area contributed by atoms with Gasteiger partial charge in [0.15, 0.2) is 0 Å². The topological polar surface area (TPSA) is 22.1 Å². The molecule has 0 saturated heterocycles. The Hall–Kier alpha value is -1.61. The van der Waals surface area contributed by atoms with E-state index >= 15 is 0 Å². The minimum Gasteiger partial charge on any atom is -0.457 e. The second kappa shape index (κ2) is 4.94. The smallest absolute Gasteiger partial charge is 0.134 e. The van der Waals surface area contributed by atoms with E-state index in [9.17, 15) is 4.39 Å². The molecule has 2 nitrogen and oxygen atoms in total. The van der Waals surface area contributed by atoms with Crippen molar-refractivity contribution < 1.29 is 9.13 Å². The third-order valence-corrected chi connectivity index (χ3v) is 2.31. The van der Waals surface area contributed by atoms with Gasteiger partial charge in [0.25, 0.3) is 0 Å². The van der Waals surface area contributed by atoms with Crippen LogP contribution in [-0.2, 0) is 5.88 Å². The molecule has 0 saturated carbocycles. The first-order valence-electron chi connectivity index (χ1n) is 4.72. The number of benzene rings is 1. The van der Waals surface area contributed by atoms with E-state index in [0.29, 0.717) is 17.4 Å². The average molecular weight is 238 g/mol. The van der Waals surface area contributed by atoms with E-state index in [0.717, 1.165) is 5.56 Å². The Morgan fingerprint density at radius 2 is 2.19 bits per heavy atom. The molecule has 0 unspecified atom stereocenters. The molecule has 0 N–H and O–H groups in total. The lowest BCUT2D eigenvalue weighted by Crippen LogP contribution is -1.90. The Morgan fingerprint density at radius 3 is 2.94 bits per heavy atom. The molecule has 0 aliphatic rings. The average Bonchev–Trinajstić information content (AvgIpc) is 2.30. The SMILES string of the molecule is Fc1cccc(Oc2ccncc2CCl)c1. The quantitative estimate of drug-likeness (QED) is 0.759. The fraction of sp³-hybridized carbons (Fsp3) is 0.0833. The van der Waals surface area contributed by atoms with Gasteiger partial charge in [-0.15, -0.1) is 11.6 Å². The van der Waals surface area contributed by atoms with Gasteiger partial charge in [-0.05, 0) is 18.2 Å². The lowest BCUT2D eigenvalue weighted by Gasteiger charge is -2.08. The van der Waals surface area contributed by atoms with Gasteiger partial charge in [-0.1, -0.05) is 6.07 Å². The first-order chi connectivity index (χ1) is 7.79. The van der Waals surface area contributed by atoms with Gasteiger partial charge >= 0.3 is 0 Å². The highest BCUT2D eigenvalue weighted by Crippen LogP contribution is 2.25. The zero-order valence-electron chi connectivity index (χ0n) is 8.36. The lowest BCUT2D eigenvalue weighted by molar-refractivity contribution is 0.472. The van der Waals surface area contributed by atoms with E-state index in [1.54, 1.807) is 30.6 Å². The van der Waals surface area contributed by atoms with Gasteiger partial charge in [-0.2, -0.15) is 0 Å². The van der Waals surface area contributed by atoms with Crippen molar-refractivity contribution in [1.82, 2.24) is 4.98 Å². The molecule has 0 amide bonds. The van der Waals surface area contributed by atoms with Crippen molar-refractivity contribution in [2.24, 2.45) is 0 Å². The molecule has 0 aliphatic carbocycles. The fourth-order valence-electron chi connectivity index (χ4n) is 1.27. The number of aromatic nitrogens is 1. The summed E-state index contributed by atoms with van der Waals surface area (Å²) in [4.78, 5) is 3.94. The number of halogens is 2. The zero-order chi connectivity index (χ0) is 11.4. The van der Waals surface area contributed by atoms with Crippen molar-refractivity contribution in [3.63, 3.8) is 0 Å². The third-order valence-electron chi connectivity index (χ3n) is 2.03. The van der Waals surface area contributed by atoms with Crippen molar-refractivity contribution in [1.29, 1.82) is 0 Å². The largest absolute Gasteiger partial charge is 0.457 e. The van der Waals surface area contributed by atoms with Crippen LogP contribution in [-0.4, -0.2) is 4.98 Å². The van der Waals surface area contributed by atoms with Gasteiger partial charge in [0.05, 0.1) is 5.88 Å². The molecule has 0 bridgehead atoms. The molecule has 82 valence electrons. The van der Waals surface area contributed by atoms with Crippen LogP contribution in [0.25, 0.3) is 0 Å². The number of nitrogens with zero attached hydrogens (tertiary/aromatic N) is 1. The van der Waals surface area contributed by atoms with Crippen molar-refractivity contribution in [2.45, 2.75) is 5.88 Å². The van der Waals surface area contributed by atoms with Crippen molar-refractivity contribution >= 4 is 11.6 Å². The Kier molecular flexibility index (Phi) is 3.37. The van der Waals surface area contributed by atoms with Gasteiger partial charge in [-0.25, -0.2) is 4.39 Å². The number of pyridine rings is 1. The Labute approximate surface area is 97.7 Å². The van der Waals surface area contributed by atoms with Crippen LogP contribution in [0.1, 0.15) is 5.56 Å². The van der Waals surface area contributed by atoms with E-state index < -0.39 is 0 Å². The second-order valence-electron chi connectivity index (χ2n) is 3.18. The summed E-state index contributed by atoms with van der Waals surface area (Å²) in [5.74, 6) is 1.01. The maximum Gasteiger partial charge on any atom is 0.134 e. The van der Waals surface area contributed by atoms with E-state index in [1.165, 1.54) is 12.1 Å². The first-order valence-corrected chi connectivity index (χ1v) is 5.25. The highest BCUT2D eigenvalue weighted by molar-refractivity contribution is 6.17. The Morgan fingerprint density at radius 1 is 1.31 bits per heavy atom. The predicted octanol–water partition coefficient (Wildman–Crippen LogP) is 3.75. The van der Waals surface area contributed by atoms with Gasteiger partial charge in [0, 0.05) is 24.0 Å². The van der Waals surface area contributed by atoms with Crippen LogP contribution in [0.4, 0.5) is 4.39 Å².